The van der Waals surface area contributed by atoms with Crippen molar-refractivity contribution in [3.8, 4) is 0 Å². The van der Waals surface area contributed by atoms with Gasteiger partial charge in [0.25, 0.3) is 5.22 Å². The fourth-order valence-corrected chi connectivity index (χ4v) is 3.94. The van der Waals surface area contributed by atoms with Crippen LogP contribution in [0.5, 0.6) is 0 Å². The Labute approximate surface area is 127 Å². The molecule has 2 rings (SSSR count). The molecule has 1 aromatic carbocycles. The predicted octanol–water partition coefficient (Wildman–Crippen LogP) is 2.53. The van der Waals surface area contributed by atoms with E-state index in [4.69, 9.17) is 4.42 Å². The van der Waals surface area contributed by atoms with Gasteiger partial charge in [0, 0.05) is 25.6 Å². The number of benzene rings is 1. The Bertz CT molecular complexity index is 695. The summed E-state index contributed by atoms with van der Waals surface area (Å²) in [7, 11) is -0.427. The van der Waals surface area contributed by atoms with E-state index in [1.807, 2.05) is 6.26 Å². The van der Waals surface area contributed by atoms with E-state index in [1.54, 1.807) is 30.0 Å². The normalized spacial score (nSPS) is 12.4. The largest absolute Gasteiger partial charge is 0.431 e. The maximum Gasteiger partial charge on any atom is 0.256 e. The number of thioether (sulfide) groups is 2. The van der Waals surface area contributed by atoms with Gasteiger partial charge in [-0.3, -0.25) is 0 Å². The molecule has 0 bridgehead atoms. The Morgan fingerprint density at radius 1 is 1.30 bits per heavy atom. The third kappa shape index (κ3) is 3.30. The van der Waals surface area contributed by atoms with Gasteiger partial charge in [0.2, 0.25) is 10.0 Å². The van der Waals surface area contributed by atoms with Crippen LogP contribution in [0.3, 0.4) is 0 Å². The van der Waals surface area contributed by atoms with Gasteiger partial charge in [0.15, 0.2) is 5.58 Å². The first-order chi connectivity index (χ1) is 9.45. The molecule has 0 saturated carbocycles. The van der Waals surface area contributed by atoms with Crippen molar-refractivity contribution in [1.29, 1.82) is 0 Å². The van der Waals surface area contributed by atoms with E-state index in [0.717, 1.165) is 11.5 Å². The lowest BCUT2D eigenvalue weighted by Gasteiger charge is -2.10. The molecule has 0 atom stereocenters. The summed E-state index contributed by atoms with van der Waals surface area (Å²) in [6, 6.07) is 4.74. The molecule has 0 N–H and O–H groups in total. The van der Waals surface area contributed by atoms with Gasteiger partial charge >= 0.3 is 0 Å². The molecule has 0 aliphatic carbocycles. The van der Waals surface area contributed by atoms with Crippen LogP contribution < -0.4 is 0 Å². The van der Waals surface area contributed by atoms with E-state index < -0.39 is 10.0 Å². The monoisotopic (exact) mass is 332 g/mol. The Morgan fingerprint density at radius 2 is 2.05 bits per heavy atom. The SMILES string of the molecule is CSCCSc1nc2cc(S(=O)(=O)N(C)C)ccc2o1. The maximum atomic E-state index is 12.1. The Kier molecular flexibility index (Phi) is 5.00. The second-order valence-electron chi connectivity index (χ2n) is 4.24. The van der Waals surface area contributed by atoms with E-state index in [2.05, 4.69) is 4.98 Å². The molecule has 0 aliphatic heterocycles. The van der Waals surface area contributed by atoms with E-state index in [0.29, 0.717) is 16.3 Å². The summed E-state index contributed by atoms with van der Waals surface area (Å²) in [6.07, 6.45) is 2.05. The van der Waals surface area contributed by atoms with Crippen molar-refractivity contribution in [2.45, 2.75) is 10.1 Å². The minimum atomic E-state index is -3.44. The predicted molar refractivity (Wildman–Crippen MR) is 84.0 cm³/mol. The van der Waals surface area contributed by atoms with Crippen LogP contribution >= 0.6 is 23.5 Å². The summed E-state index contributed by atoms with van der Waals surface area (Å²) in [4.78, 5) is 4.55. The van der Waals surface area contributed by atoms with Gasteiger partial charge in [0.05, 0.1) is 4.90 Å². The Hall–Kier alpha value is -0.700. The van der Waals surface area contributed by atoms with Crippen LogP contribution in [0.4, 0.5) is 0 Å². The molecule has 5 nitrogen and oxygen atoms in total. The Morgan fingerprint density at radius 3 is 2.70 bits per heavy atom. The van der Waals surface area contributed by atoms with Gasteiger partial charge in [-0.2, -0.15) is 11.8 Å². The number of nitrogens with zero attached hydrogens (tertiary/aromatic N) is 2. The molecule has 0 aliphatic rings. The smallest absolute Gasteiger partial charge is 0.256 e. The molecule has 1 heterocycles. The lowest BCUT2D eigenvalue weighted by molar-refractivity contribution is 0.489. The van der Waals surface area contributed by atoms with Crippen molar-refractivity contribution in [3.63, 3.8) is 0 Å². The molecule has 0 unspecified atom stereocenters. The molecule has 0 spiro atoms. The summed E-state index contributed by atoms with van der Waals surface area (Å²) in [5.41, 5.74) is 1.17. The molecule has 0 fully saturated rings. The van der Waals surface area contributed by atoms with Crippen molar-refractivity contribution >= 4 is 44.6 Å². The number of hydrogen-bond acceptors (Lipinski definition) is 6. The maximum absolute atomic E-state index is 12.1. The van der Waals surface area contributed by atoms with Crippen molar-refractivity contribution in [1.82, 2.24) is 9.29 Å². The van der Waals surface area contributed by atoms with Crippen LogP contribution in [-0.4, -0.2) is 49.6 Å². The van der Waals surface area contributed by atoms with Gasteiger partial charge in [0.1, 0.15) is 5.52 Å². The van der Waals surface area contributed by atoms with Gasteiger partial charge in [-0.15, -0.1) is 0 Å². The van der Waals surface area contributed by atoms with E-state index in [1.165, 1.54) is 30.2 Å². The highest BCUT2D eigenvalue weighted by atomic mass is 32.2. The summed E-state index contributed by atoms with van der Waals surface area (Å²) >= 11 is 3.29. The zero-order valence-electron chi connectivity index (χ0n) is 11.5. The molecule has 0 amide bonds. The molecular formula is C12H16N2O3S3. The molecular weight excluding hydrogens is 316 g/mol. The number of oxazole rings is 1. The first kappa shape index (κ1) is 15.7. The molecule has 0 radical (unpaired) electrons. The molecule has 20 heavy (non-hydrogen) atoms. The average molecular weight is 332 g/mol. The van der Waals surface area contributed by atoms with Crippen LogP contribution in [0.15, 0.2) is 32.7 Å². The minimum absolute atomic E-state index is 0.226. The van der Waals surface area contributed by atoms with Crippen LogP contribution in [0, 0.1) is 0 Å². The summed E-state index contributed by atoms with van der Waals surface area (Å²) in [5, 5.41) is 0.577. The fraction of sp³-hybridized carbons (Fsp3) is 0.417. The van der Waals surface area contributed by atoms with Crippen LogP contribution in [0.2, 0.25) is 0 Å². The quantitative estimate of drug-likeness (QED) is 0.598. The molecule has 2 aromatic rings. The number of aromatic nitrogens is 1. The minimum Gasteiger partial charge on any atom is -0.431 e. The third-order valence-electron chi connectivity index (χ3n) is 2.63. The Balaban J connectivity index is 2.31. The van der Waals surface area contributed by atoms with Crippen molar-refractivity contribution in [2.24, 2.45) is 0 Å². The van der Waals surface area contributed by atoms with Crippen molar-refractivity contribution in [2.75, 3.05) is 31.9 Å². The molecule has 8 heteroatoms. The highest BCUT2D eigenvalue weighted by Crippen LogP contribution is 2.26. The number of rotatable bonds is 6. The van der Waals surface area contributed by atoms with Gasteiger partial charge in [-0.05, 0) is 24.5 Å². The topological polar surface area (TPSA) is 63.4 Å². The van der Waals surface area contributed by atoms with Gasteiger partial charge in [-0.25, -0.2) is 17.7 Å². The first-order valence-corrected chi connectivity index (χ1v) is 9.72. The first-order valence-electron chi connectivity index (χ1n) is 5.90. The average Bonchev–Trinajstić information content (AvgIpc) is 2.80. The van der Waals surface area contributed by atoms with Crippen molar-refractivity contribution in [3.05, 3.63) is 18.2 Å². The molecule has 0 saturated heterocycles. The second-order valence-corrected chi connectivity index (χ2v) is 8.42. The lowest BCUT2D eigenvalue weighted by Crippen LogP contribution is -2.22. The summed E-state index contributed by atoms with van der Waals surface area (Å²) in [6.45, 7) is 0. The number of hydrogen-bond donors (Lipinski definition) is 0. The van der Waals surface area contributed by atoms with Crippen molar-refractivity contribution < 1.29 is 12.8 Å². The highest BCUT2D eigenvalue weighted by Gasteiger charge is 2.18. The highest BCUT2D eigenvalue weighted by molar-refractivity contribution is 8.02. The van der Waals surface area contributed by atoms with Gasteiger partial charge in [-0.1, -0.05) is 11.8 Å². The second kappa shape index (κ2) is 6.38. The fourth-order valence-electron chi connectivity index (χ4n) is 1.53. The number of sulfonamides is 1. The van der Waals surface area contributed by atoms with Crippen LogP contribution in [-0.2, 0) is 10.0 Å². The summed E-state index contributed by atoms with van der Waals surface area (Å²) < 4.78 is 30.9. The molecule has 110 valence electrons. The standard InChI is InChI=1S/C12H16N2O3S3/c1-14(2)20(15,16)9-4-5-11-10(8-9)13-12(17-11)19-7-6-18-3/h4-5,8H,6-7H2,1-3H3. The zero-order chi connectivity index (χ0) is 14.8. The van der Waals surface area contributed by atoms with E-state index >= 15 is 0 Å². The van der Waals surface area contributed by atoms with Gasteiger partial charge < -0.3 is 4.42 Å². The molecule has 1 aromatic heterocycles. The summed E-state index contributed by atoms with van der Waals surface area (Å²) in [5.74, 6) is 1.93. The van der Waals surface area contributed by atoms with E-state index in [-0.39, 0.29) is 4.90 Å². The number of fused-ring (bicyclic) bond motifs is 1. The zero-order valence-corrected chi connectivity index (χ0v) is 13.9. The van der Waals surface area contributed by atoms with Crippen LogP contribution in [0.1, 0.15) is 0 Å². The van der Waals surface area contributed by atoms with E-state index in [9.17, 15) is 8.42 Å². The third-order valence-corrected chi connectivity index (χ3v) is 6.14. The van der Waals surface area contributed by atoms with Crippen LogP contribution in [0.25, 0.3) is 11.1 Å². The lowest BCUT2D eigenvalue weighted by atomic mass is 10.3.